The van der Waals surface area contributed by atoms with Crippen molar-refractivity contribution in [1.29, 1.82) is 0 Å². The number of alkyl halides is 1. The van der Waals surface area contributed by atoms with Crippen LogP contribution >= 0.6 is 46.1 Å². The second-order valence-corrected chi connectivity index (χ2v) is 4.22. The van der Waals surface area contributed by atoms with Crippen LogP contribution in [0.25, 0.3) is 10.5 Å². The lowest BCUT2D eigenvalue weighted by atomic mass is 10.7. The summed E-state index contributed by atoms with van der Waals surface area (Å²) in [6.45, 7) is 0. The summed E-state index contributed by atoms with van der Waals surface area (Å²) >= 11 is 18.3. The van der Waals surface area contributed by atoms with Gasteiger partial charge in [0.05, 0.1) is 5.88 Å². The summed E-state index contributed by atoms with van der Waals surface area (Å²) in [7, 11) is 0. The summed E-state index contributed by atoms with van der Waals surface area (Å²) in [5.41, 5.74) is 0.495. The van der Waals surface area contributed by atoms with Crippen LogP contribution < -0.4 is 0 Å². The molecule has 68 valence electrons. The van der Waals surface area contributed by atoms with Gasteiger partial charge in [-0.1, -0.05) is 34.5 Å². The van der Waals surface area contributed by atoms with E-state index in [1.165, 1.54) is 11.3 Å². The van der Waals surface area contributed by atoms with Crippen molar-refractivity contribution in [3.8, 4) is 0 Å². The summed E-state index contributed by atoms with van der Waals surface area (Å²) in [4.78, 5) is 12.7. The van der Waals surface area contributed by atoms with Gasteiger partial charge in [0.1, 0.15) is 5.01 Å². The molecule has 7 heteroatoms. The van der Waals surface area contributed by atoms with Gasteiger partial charge in [0.15, 0.2) is 20.8 Å². The highest BCUT2D eigenvalue weighted by Gasteiger charge is 2.09. The lowest BCUT2D eigenvalue weighted by Crippen LogP contribution is -1.83. The van der Waals surface area contributed by atoms with E-state index in [0.717, 1.165) is 5.01 Å². The largest absolute Gasteiger partial charge is 0.219 e. The maximum atomic E-state index is 5.68. The Morgan fingerprint density at radius 2 is 1.77 bits per heavy atom. The van der Waals surface area contributed by atoms with E-state index in [4.69, 9.17) is 34.8 Å². The topological polar surface area (TPSA) is 38.7 Å². The van der Waals surface area contributed by atoms with Gasteiger partial charge in [-0.15, -0.1) is 11.6 Å². The van der Waals surface area contributed by atoms with E-state index >= 15 is 0 Å². The van der Waals surface area contributed by atoms with E-state index in [1.807, 2.05) is 0 Å². The Morgan fingerprint density at radius 1 is 1.08 bits per heavy atom. The zero-order valence-electron chi connectivity index (χ0n) is 6.09. The highest BCUT2D eigenvalue weighted by molar-refractivity contribution is 7.18. The molecule has 2 rings (SSSR count). The van der Waals surface area contributed by atoms with Crippen LogP contribution in [0.5, 0.6) is 0 Å². The Morgan fingerprint density at radius 3 is 2.46 bits per heavy atom. The van der Waals surface area contributed by atoms with Crippen molar-refractivity contribution in [2.75, 3.05) is 0 Å². The van der Waals surface area contributed by atoms with Crippen molar-refractivity contribution in [2.24, 2.45) is 0 Å². The fourth-order valence-electron chi connectivity index (χ4n) is 0.823. The lowest BCUT2D eigenvalue weighted by Gasteiger charge is -1.90. The number of rotatable bonds is 1. The average Bonchev–Trinajstić information content (AvgIpc) is 2.48. The van der Waals surface area contributed by atoms with E-state index in [-0.39, 0.29) is 10.3 Å². The maximum Gasteiger partial charge on any atom is 0.191 e. The number of hydrogen-bond acceptors (Lipinski definition) is 4. The van der Waals surface area contributed by atoms with Gasteiger partial charge in [0.2, 0.25) is 0 Å². The summed E-state index contributed by atoms with van der Waals surface area (Å²) in [5.74, 6) is 0.345. The van der Waals surface area contributed by atoms with Crippen LogP contribution in [0.4, 0.5) is 0 Å². The summed E-state index contributed by atoms with van der Waals surface area (Å²) in [6, 6.07) is 0. The van der Waals surface area contributed by atoms with Gasteiger partial charge in [0, 0.05) is 0 Å². The zero-order chi connectivity index (χ0) is 9.42. The van der Waals surface area contributed by atoms with Crippen molar-refractivity contribution < 1.29 is 0 Å². The molecular formula is C6H2Cl3N3S. The van der Waals surface area contributed by atoms with Crippen molar-refractivity contribution in [3.05, 3.63) is 15.3 Å². The predicted molar refractivity (Wildman–Crippen MR) is 54.8 cm³/mol. The van der Waals surface area contributed by atoms with Gasteiger partial charge in [-0.2, -0.15) is 0 Å². The predicted octanol–water partition coefficient (Wildman–Crippen LogP) is 3.13. The van der Waals surface area contributed by atoms with Crippen LogP contribution in [-0.4, -0.2) is 15.0 Å². The molecule has 2 aromatic rings. The second-order valence-electron chi connectivity index (χ2n) is 2.18. The highest BCUT2D eigenvalue weighted by Crippen LogP contribution is 2.25. The average molecular weight is 255 g/mol. The molecule has 0 aliphatic rings. The highest BCUT2D eigenvalue weighted by atomic mass is 35.5. The molecule has 13 heavy (non-hydrogen) atoms. The minimum atomic E-state index is 0.167. The third kappa shape index (κ3) is 1.72. The molecule has 3 nitrogen and oxygen atoms in total. The molecule has 0 aliphatic heterocycles. The third-order valence-electron chi connectivity index (χ3n) is 1.32. The first kappa shape index (κ1) is 9.40. The minimum absolute atomic E-state index is 0.167. The number of halogens is 3. The first-order valence-electron chi connectivity index (χ1n) is 3.25. The molecule has 0 unspecified atom stereocenters. The lowest BCUT2D eigenvalue weighted by molar-refractivity contribution is 1.22. The molecule has 0 atom stereocenters. The first-order valence-corrected chi connectivity index (χ1v) is 5.36. The van der Waals surface area contributed by atoms with Crippen LogP contribution in [0.2, 0.25) is 10.3 Å². The summed E-state index contributed by atoms with van der Waals surface area (Å²) in [6.07, 6.45) is 0. The van der Waals surface area contributed by atoms with E-state index in [9.17, 15) is 0 Å². The van der Waals surface area contributed by atoms with Crippen molar-refractivity contribution in [1.82, 2.24) is 15.0 Å². The van der Waals surface area contributed by atoms with Crippen LogP contribution in [-0.2, 0) is 5.88 Å². The molecule has 2 heterocycles. The van der Waals surface area contributed by atoms with E-state index in [1.54, 1.807) is 0 Å². The molecule has 0 amide bonds. The van der Waals surface area contributed by atoms with Crippen LogP contribution in [0.1, 0.15) is 5.01 Å². The zero-order valence-corrected chi connectivity index (χ0v) is 9.18. The summed E-state index contributed by atoms with van der Waals surface area (Å²) in [5, 5.41) is 1.12. The number of fused-ring (bicyclic) bond motifs is 1. The van der Waals surface area contributed by atoms with E-state index in [2.05, 4.69) is 15.0 Å². The van der Waals surface area contributed by atoms with Gasteiger partial charge in [0.25, 0.3) is 0 Å². The summed E-state index contributed by atoms with van der Waals surface area (Å²) < 4.78 is 0. The SMILES string of the molecule is ClCc1nc2nc(Cl)c(Cl)nc2s1. The molecule has 0 bridgehead atoms. The fraction of sp³-hybridized carbons (Fsp3) is 0.167. The molecule has 0 saturated carbocycles. The van der Waals surface area contributed by atoms with Gasteiger partial charge >= 0.3 is 0 Å². The smallest absolute Gasteiger partial charge is 0.191 e. The van der Waals surface area contributed by atoms with Gasteiger partial charge in [-0.05, 0) is 0 Å². The molecule has 0 N–H and O–H groups in total. The Balaban J connectivity index is 2.70. The standard InChI is InChI=1S/C6H2Cl3N3S/c7-1-2-10-5-6(13-2)12-4(9)3(8)11-5/h1H2. The van der Waals surface area contributed by atoms with E-state index in [0.29, 0.717) is 16.4 Å². The molecule has 2 aromatic heterocycles. The monoisotopic (exact) mass is 253 g/mol. The quantitative estimate of drug-likeness (QED) is 0.734. The van der Waals surface area contributed by atoms with E-state index < -0.39 is 0 Å². The number of thiazole rings is 1. The molecule has 0 saturated heterocycles. The molecule has 0 aromatic carbocycles. The number of aromatic nitrogens is 3. The van der Waals surface area contributed by atoms with Gasteiger partial charge in [-0.3, -0.25) is 0 Å². The van der Waals surface area contributed by atoms with Crippen molar-refractivity contribution in [2.45, 2.75) is 5.88 Å². The van der Waals surface area contributed by atoms with Crippen molar-refractivity contribution in [3.63, 3.8) is 0 Å². The second kappa shape index (κ2) is 3.53. The first-order chi connectivity index (χ1) is 6.20. The molecule has 0 fully saturated rings. The third-order valence-corrected chi connectivity index (χ3v) is 3.30. The van der Waals surface area contributed by atoms with Crippen LogP contribution in [0.3, 0.4) is 0 Å². The molecular weight excluding hydrogens is 253 g/mol. The normalized spacial score (nSPS) is 11.0. The molecule has 0 spiro atoms. The van der Waals surface area contributed by atoms with Crippen LogP contribution in [0, 0.1) is 0 Å². The Labute approximate surface area is 92.7 Å². The number of hydrogen-bond donors (Lipinski definition) is 0. The van der Waals surface area contributed by atoms with Crippen LogP contribution in [0.15, 0.2) is 0 Å². The minimum Gasteiger partial charge on any atom is -0.219 e. The van der Waals surface area contributed by atoms with Crippen molar-refractivity contribution >= 4 is 56.6 Å². The van der Waals surface area contributed by atoms with Gasteiger partial charge < -0.3 is 0 Å². The Bertz CT molecular complexity index is 417. The van der Waals surface area contributed by atoms with Gasteiger partial charge in [-0.25, -0.2) is 15.0 Å². The molecule has 0 radical (unpaired) electrons. The Kier molecular flexibility index (Phi) is 2.55. The fourth-order valence-corrected chi connectivity index (χ4v) is 2.08. The Hall–Kier alpha value is -0.160. The number of nitrogens with zero attached hydrogens (tertiary/aromatic N) is 3. The molecule has 0 aliphatic carbocycles. The maximum absolute atomic E-state index is 5.68.